The highest BCUT2D eigenvalue weighted by Crippen LogP contribution is 2.25. The highest BCUT2D eigenvalue weighted by molar-refractivity contribution is 7.18. The summed E-state index contributed by atoms with van der Waals surface area (Å²) in [6.07, 6.45) is 1.52. The number of hydrogen-bond acceptors (Lipinski definition) is 8. The fourth-order valence-electron chi connectivity index (χ4n) is 2.93. The van der Waals surface area contributed by atoms with Gasteiger partial charge in [-0.2, -0.15) is 15.0 Å². The third kappa shape index (κ3) is 3.31. The monoisotopic (exact) mass is 393 g/mol. The molecule has 0 aliphatic carbocycles. The van der Waals surface area contributed by atoms with Gasteiger partial charge in [0.15, 0.2) is 5.82 Å². The van der Waals surface area contributed by atoms with Crippen LogP contribution < -0.4 is 16.6 Å². The summed E-state index contributed by atoms with van der Waals surface area (Å²) in [7, 11) is 0. The van der Waals surface area contributed by atoms with Crippen molar-refractivity contribution in [2.45, 2.75) is 27.3 Å². The van der Waals surface area contributed by atoms with Gasteiger partial charge in [0.1, 0.15) is 4.83 Å². The normalized spacial score (nSPS) is 11.1. The van der Waals surface area contributed by atoms with Crippen molar-refractivity contribution in [3.8, 4) is 0 Å². The van der Waals surface area contributed by atoms with Crippen molar-refractivity contribution in [1.29, 1.82) is 0 Å². The number of nitrogens with two attached hydrogens (primary N) is 1. The molecule has 0 aliphatic heterocycles. The van der Waals surface area contributed by atoms with Gasteiger partial charge in [-0.25, -0.2) is 4.98 Å². The van der Waals surface area contributed by atoms with Gasteiger partial charge in [-0.15, -0.1) is 11.3 Å². The second-order valence-corrected chi connectivity index (χ2v) is 7.72. The van der Waals surface area contributed by atoms with Gasteiger partial charge in [0.2, 0.25) is 11.9 Å². The van der Waals surface area contributed by atoms with Crippen LogP contribution in [-0.2, 0) is 6.54 Å². The SMILES string of the molecule is Cc1ccccc1Nc1nc(N)nc(Cn2cnc3sc(C)c(C)c3c2=O)n1. The van der Waals surface area contributed by atoms with Gasteiger partial charge >= 0.3 is 0 Å². The van der Waals surface area contributed by atoms with Crippen LogP contribution in [0.15, 0.2) is 35.4 Å². The maximum Gasteiger partial charge on any atom is 0.262 e. The Kier molecular flexibility index (Phi) is 4.52. The molecule has 0 amide bonds. The molecule has 28 heavy (non-hydrogen) atoms. The first-order valence-electron chi connectivity index (χ1n) is 8.70. The summed E-state index contributed by atoms with van der Waals surface area (Å²) in [6.45, 7) is 6.07. The van der Waals surface area contributed by atoms with E-state index in [1.807, 2.05) is 45.0 Å². The molecular formula is C19H19N7OS. The number of nitrogens with one attached hydrogen (secondary N) is 1. The Bertz CT molecular complexity index is 1240. The lowest BCUT2D eigenvalue weighted by Crippen LogP contribution is -2.22. The minimum atomic E-state index is -0.112. The average Bonchev–Trinajstić information content (AvgIpc) is 2.94. The predicted octanol–water partition coefficient (Wildman–Crippen LogP) is 2.94. The van der Waals surface area contributed by atoms with Crippen molar-refractivity contribution in [2.24, 2.45) is 0 Å². The molecule has 0 radical (unpaired) electrons. The third-order valence-electron chi connectivity index (χ3n) is 4.56. The zero-order valence-electron chi connectivity index (χ0n) is 15.7. The zero-order chi connectivity index (χ0) is 19.8. The van der Waals surface area contributed by atoms with E-state index in [0.717, 1.165) is 26.5 Å². The number of anilines is 3. The van der Waals surface area contributed by atoms with E-state index in [2.05, 4.69) is 25.3 Å². The number of aryl methyl sites for hydroxylation is 3. The summed E-state index contributed by atoms with van der Waals surface area (Å²) < 4.78 is 1.49. The van der Waals surface area contributed by atoms with Crippen LogP contribution in [0.25, 0.3) is 10.2 Å². The van der Waals surface area contributed by atoms with Gasteiger partial charge in [-0.05, 0) is 38.0 Å². The van der Waals surface area contributed by atoms with Crippen LogP contribution in [0.3, 0.4) is 0 Å². The standard InChI is InChI=1S/C19H19N7OS/c1-10-6-4-5-7-13(10)22-19-24-14(23-18(20)25-19)8-26-9-21-16-15(17(26)27)11(2)12(3)28-16/h4-7,9H,8H2,1-3H3,(H3,20,22,23,24,25). The molecule has 9 heteroatoms. The van der Waals surface area contributed by atoms with Crippen molar-refractivity contribution in [1.82, 2.24) is 24.5 Å². The lowest BCUT2D eigenvalue weighted by Gasteiger charge is -2.10. The number of hydrogen-bond donors (Lipinski definition) is 2. The Morgan fingerprint density at radius 2 is 1.93 bits per heavy atom. The number of thiophene rings is 1. The van der Waals surface area contributed by atoms with Gasteiger partial charge < -0.3 is 11.1 Å². The van der Waals surface area contributed by atoms with Gasteiger partial charge in [0.25, 0.3) is 5.56 Å². The Morgan fingerprint density at radius 1 is 1.14 bits per heavy atom. The van der Waals surface area contributed by atoms with Crippen molar-refractivity contribution >= 4 is 39.1 Å². The number of nitrogen functional groups attached to an aromatic ring is 1. The molecule has 1 aromatic carbocycles. The Labute approximate surface area is 165 Å². The van der Waals surface area contributed by atoms with E-state index in [1.165, 1.54) is 22.2 Å². The molecule has 4 aromatic rings. The van der Waals surface area contributed by atoms with E-state index < -0.39 is 0 Å². The summed E-state index contributed by atoms with van der Waals surface area (Å²) in [5, 5.41) is 3.80. The molecule has 0 saturated heterocycles. The number of aromatic nitrogens is 5. The Morgan fingerprint density at radius 3 is 2.71 bits per heavy atom. The van der Waals surface area contributed by atoms with Crippen LogP contribution in [-0.4, -0.2) is 24.5 Å². The summed E-state index contributed by atoms with van der Waals surface area (Å²) in [5.41, 5.74) is 8.64. The molecule has 8 nitrogen and oxygen atoms in total. The fraction of sp³-hybridized carbons (Fsp3) is 0.211. The molecule has 0 bridgehead atoms. The quantitative estimate of drug-likeness (QED) is 0.548. The summed E-state index contributed by atoms with van der Waals surface area (Å²) in [4.78, 5) is 31.9. The van der Waals surface area contributed by atoms with E-state index >= 15 is 0 Å². The fourth-order valence-corrected chi connectivity index (χ4v) is 3.92. The molecule has 0 fully saturated rings. The maximum atomic E-state index is 12.9. The van der Waals surface area contributed by atoms with Crippen molar-refractivity contribution < 1.29 is 0 Å². The Balaban J connectivity index is 1.69. The maximum absolute atomic E-state index is 12.9. The van der Waals surface area contributed by atoms with Crippen LogP contribution in [0.4, 0.5) is 17.6 Å². The highest BCUT2D eigenvalue weighted by atomic mass is 32.1. The second-order valence-electron chi connectivity index (χ2n) is 6.51. The minimum Gasteiger partial charge on any atom is -0.368 e. The van der Waals surface area contributed by atoms with Crippen LogP contribution in [0, 0.1) is 20.8 Å². The van der Waals surface area contributed by atoms with Gasteiger partial charge in [-0.1, -0.05) is 18.2 Å². The van der Waals surface area contributed by atoms with E-state index in [4.69, 9.17) is 5.73 Å². The first-order valence-corrected chi connectivity index (χ1v) is 9.52. The number of fused-ring (bicyclic) bond motifs is 1. The van der Waals surface area contributed by atoms with Gasteiger partial charge in [-0.3, -0.25) is 9.36 Å². The van der Waals surface area contributed by atoms with Crippen LogP contribution in [0.5, 0.6) is 0 Å². The largest absolute Gasteiger partial charge is 0.368 e. The third-order valence-corrected chi connectivity index (χ3v) is 5.67. The highest BCUT2D eigenvalue weighted by Gasteiger charge is 2.14. The lowest BCUT2D eigenvalue weighted by molar-refractivity contribution is 0.704. The number of nitrogens with zero attached hydrogens (tertiary/aromatic N) is 5. The smallest absolute Gasteiger partial charge is 0.262 e. The molecule has 0 unspecified atom stereocenters. The summed E-state index contributed by atoms with van der Waals surface area (Å²) >= 11 is 1.52. The first-order chi connectivity index (χ1) is 13.4. The van der Waals surface area contributed by atoms with Crippen LogP contribution in [0.2, 0.25) is 0 Å². The van der Waals surface area contributed by atoms with E-state index in [1.54, 1.807) is 0 Å². The molecule has 0 aliphatic rings. The van der Waals surface area contributed by atoms with Gasteiger partial charge in [0, 0.05) is 10.6 Å². The predicted molar refractivity (Wildman–Crippen MR) is 111 cm³/mol. The molecule has 0 saturated carbocycles. The molecule has 3 aromatic heterocycles. The molecule has 3 heterocycles. The van der Waals surface area contributed by atoms with Crippen LogP contribution >= 0.6 is 11.3 Å². The average molecular weight is 393 g/mol. The van der Waals surface area contributed by atoms with Crippen molar-refractivity contribution in [2.75, 3.05) is 11.1 Å². The van der Waals surface area contributed by atoms with Crippen molar-refractivity contribution in [3.63, 3.8) is 0 Å². The van der Waals surface area contributed by atoms with E-state index in [-0.39, 0.29) is 18.1 Å². The number of benzene rings is 1. The molecule has 0 atom stereocenters. The topological polar surface area (TPSA) is 112 Å². The first kappa shape index (κ1) is 18.1. The molecular weight excluding hydrogens is 374 g/mol. The zero-order valence-corrected chi connectivity index (χ0v) is 16.5. The second kappa shape index (κ2) is 7.01. The molecule has 4 rings (SSSR count). The summed E-state index contributed by atoms with van der Waals surface area (Å²) in [5.74, 6) is 0.809. The lowest BCUT2D eigenvalue weighted by atomic mass is 10.2. The van der Waals surface area contributed by atoms with Gasteiger partial charge in [0.05, 0.1) is 18.3 Å². The number of rotatable bonds is 4. The molecule has 0 spiro atoms. The molecule has 142 valence electrons. The number of para-hydroxylation sites is 1. The van der Waals surface area contributed by atoms with Crippen LogP contribution in [0.1, 0.15) is 21.8 Å². The van der Waals surface area contributed by atoms with E-state index in [9.17, 15) is 4.79 Å². The summed E-state index contributed by atoms with van der Waals surface area (Å²) in [6, 6.07) is 7.79. The van der Waals surface area contributed by atoms with Crippen molar-refractivity contribution in [3.05, 3.63) is 62.8 Å². The Hall–Kier alpha value is -3.33. The molecule has 3 N–H and O–H groups in total. The van der Waals surface area contributed by atoms with E-state index in [0.29, 0.717) is 17.2 Å². The minimum absolute atomic E-state index is 0.0886.